The summed E-state index contributed by atoms with van der Waals surface area (Å²) in [4.78, 5) is 5.47. The van der Waals surface area contributed by atoms with Crippen molar-refractivity contribution in [3.8, 4) is 0 Å². The first-order chi connectivity index (χ1) is 7.65. The first kappa shape index (κ1) is 15.0. The standard InChI is InChI=1S/C13H22N2S.ClH/c1-10-3-4-13(16-10)9-15-7-5-12(6-8-15)11(2)14;/h3-4,11-12H,5-9,14H2,1-2H3;1H. The molecule has 98 valence electrons. The van der Waals surface area contributed by atoms with Crippen molar-refractivity contribution in [3.05, 3.63) is 21.9 Å². The number of halogens is 1. The molecule has 1 aliphatic heterocycles. The lowest BCUT2D eigenvalue weighted by molar-refractivity contribution is 0.167. The van der Waals surface area contributed by atoms with E-state index >= 15 is 0 Å². The summed E-state index contributed by atoms with van der Waals surface area (Å²) in [5.74, 6) is 0.737. The number of likely N-dealkylation sites (tertiary alicyclic amines) is 1. The molecule has 1 atom stereocenters. The van der Waals surface area contributed by atoms with Gasteiger partial charge in [-0.2, -0.15) is 0 Å². The number of hydrogen-bond acceptors (Lipinski definition) is 3. The van der Waals surface area contributed by atoms with Crippen LogP contribution in [0.25, 0.3) is 0 Å². The first-order valence-corrected chi connectivity index (χ1v) is 7.00. The molecule has 0 radical (unpaired) electrons. The largest absolute Gasteiger partial charge is 0.328 e. The van der Waals surface area contributed by atoms with Crippen molar-refractivity contribution < 1.29 is 0 Å². The van der Waals surface area contributed by atoms with Gasteiger partial charge in [0, 0.05) is 22.3 Å². The molecule has 0 bridgehead atoms. The lowest BCUT2D eigenvalue weighted by atomic mass is 9.91. The van der Waals surface area contributed by atoms with Gasteiger partial charge in [-0.25, -0.2) is 0 Å². The Bertz CT molecular complexity index is 330. The van der Waals surface area contributed by atoms with Gasteiger partial charge >= 0.3 is 0 Å². The van der Waals surface area contributed by atoms with E-state index in [4.69, 9.17) is 5.73 Å². The minimum absolute atomic E-state index is 0. The Morgan fingerprint density at radius 2 is 2.06 bits per heavy atom. The van der Waals surface area contributed by atoms with Gasteiger partial charge in [0.15, 0.2) is 0 Å². The van der Waals surface area contributed by atoms with E-state index in [-0.39, 0.29) is 12.4 Å². The molecule has 0 saturated carbocycles. The third-order valence-corrected chi connectivity index (χ3v) is 4.54. The predicted molar refractivity (Wildman–Crippen MR) is 78.0 cm³/mol. The predicted octanol–water partition coefficient (Wildman–Crippen LogP) is 3.04. The van der Waals surface area contributed by atoms with Gasteiger partial charge in [0.05, 0.1) is 0 Å². The third-order valence-electron chi connectivity index (χ3n) is 3.55. The summed E-state index contributed by atoms with van der Waals surface area (Å²) in [6.07, 6.45) is 2.53. The number of nitrogens with zero attached hydrogens (tertiary/aromatic N) is 1. The molecular formula is C13H23ClN2S. The van der Waals surface area contributed by atoms with E-state index in [1.165, 1.54) is 35.7 Å². The monoisotopic (exact) mass is 274 g/mol. The molecule has 4 heteroatoms. The Kier molecular flexibility index (Phi) is 5.93. The van der Waals surface area contributed by atoms with Crippen molar-refractivity contribution in [3.63, 3.8) is 0 Å². The van der Waals surface area contributed by atoms with Crippen LogP contribution in [0.1, 0.15) is 29.5 Å². The maximum Gasteiger partial charge on any atom is 0.0328 e. The summed E-state index contributed by atoms with van der Waals surface area (Å²) in [6.45, 7) is 7.87. The molecule has 1 unspecified atom stereocenters. The van der Waals surface area contributed by atoms with E-state index in [9.17, 15) is 0 Å². The summed E-state index contributed by atoms with van der Waals surface area (Å²) in [5.41, 5.74) is 5.95. The molecule has 2 N–H and O–H groups in total. The van der Waals surface area contributed by atoms with Crippen molar-refractivity contribution >= 4 is 23.7 Å². The van der Waals surface area contributed by atoms with Crippen LogP contribution >= 0.6 is 23.7 Å². The average Bonchev–Trinajstić information content (AvgIpc) is 2.65. The highest BCUT2D eigenvalue weighted by Crippen LogP contribution is 2.23. The lowest BCUT2D eigenvalue weighted by Gasteiger charge is -2.33. The van der Waals surface area contributed by atoms with E-state index < -0.39 is 0 Å². The van der Waals surface area contributed by atoms with Gasteiger partial charge in [-0.05, 0) is 57.8 Å². The molecule has 2 rings (SSSR count). The number of piperidine rings is 1. The van der Waals surface area contributed by atoms with Crippen LogP contribution in [0.2, 0.25) is 0 Å². The van der Waals surface area contributed by atoms with Crippen molar-refractivity contribution in [1.29, 1.82) is 0 Å². The number of hydrogen-bond donors (Lipinski definition) is 1. The molecule has 1 aromatic heterocycles. The summed E-state index contributed by atoms with van der Waals surface area (Å²) >= 11 is 1.92. The van der Waals surface area contributed by atoms with Crippen LogP contribution < -0.4 is 5.73 Å². The highest BCUT2D eigenvalue weighted by atomic mass is 35.5. The molecule has 0 spiro atoms. The van der Waals surface area contributed by atoms with Gasteiger partial charge in [-0.3, -0.25) is 4.90 Å². The van der Waals surface area contributed by atoms with Crippen LogP contribution in [-0.4, -0.2) is 24.0 Å². The van der Waals surface area contributed by atoms with Gasteiger partial charge in [-0.1, -0.05) is 0 Å². The zero-order valence-corrected chi connectivity index (χ0v) is 12.3. The molecule has 0 aliphatic carbocycles. The Hall–Kier alpha value is -0.0900. The lowest BCUT2D eigenvalue weighted by Crippen LogP contribution is -2.39. The van der Waals surface area contributed by atoms with E-state index in [0.29, 0.717) is 6.04 Å². The fourth-order valence-corrected chi connectivity index (χ4v) is 3.36. The van der Waals surface area contributed by atoms with Crippen molar-refractivity contribution in [2.75, 3.05) is 13.1 Å². The number of nitrogens with two attached hydrogens (primary N) is 1. The van der Waals surface area contributed by atoms with Crippen LogP contribution in [0.15, 0.2) is 12.1 Å². The maximum atomic E-state index is 5.95. The molecule has 0 amide bonds. The fraction of sp³-hybridized carbons (Fsp3) is 0.692. The molecule has 1 fully saturated rings. The molecule has 17 heavy (non-hydrogen) atoms. The zero-order valence-electron chi connectivity index (χ0n) is 10.7. The van der Waals surface area contributed by atoms with Crippen LogP contribution in [0.4, 0.5) is 0 Å². The molecular weight excluding hydrogens is 252 g/mol. The number of aryl methyl sites for hydroxylation is 1. The van der Waals surface area contributed by atoms with Gasteiger partial charge in [0.1, 0.15) is 0 Å². The second-order valence-electron chi connectivity index (χ2n) is 4.99. The van der Waals surface area contributed by atoms with Crippen molar-refractivity contribution in [2.24, 2.45) is 11.7 Å². The third kappa shape index (κ3) is 4.25. The normalized spacial score (nSPS) is 19.9. The molecule has 1 aromatic rings. The average molecular weight is 275 g/mol. The maximum absolute atomic E-state index is 5.95. The smallest absolute Gasteiger partial charge is 0.0328 e. The summed E-state index contributed by atoms with van der Waals surface area (Å²) in [6, 6.07) is 4.85. The van der Waals surface area contributed by atoms with Crippen LogP contribution in [0.3, 0.4) is 0 Å². The van der Waals surface area contributed by atoms with Crippen molar-refractivity contribution in [1.82, 2.24) is 4.90 Å². The van der Waals surface area contributed by atoms with Gasteiger partial charge in [0.2, 0.25) is 0 Å². The SMILES string of the molecule is Cc1ccc(CN2CCC(C(C)N)CC2)s1.Cl. The highest BCUT2D eigenvalue weighted by Gasteiger charge is 2.21. The van der Waals surface area contributed by atoms with Crippen LogP contribution in [0, 0.1) is 12.8 Å². The highest BCUT2D eigenvalue weighted by molar-refractivity contribution is 7.11. The summed E-state index contributed by atoms with van der Waals surface area (Å²) in [7, 11) is 0. The molecule has 1 saturated heterocycles. The van der Waals surface area contributed by atoms with Gasteiger partial charge < -0.3 is 5.73 Å². The molecule has 2 heterocycles. The zero-order chi connectivity index (χ0) is 11.5. The van der Waals surface area contributed by atoms with E-state index in [1.807, 2.05) is 11.3 Å². The van der Waals surface area contributed by atoms with Gasteiger partial charge in [-0.15, -0.1) is 23.7 Å². The molecule has 1 aliphatic rings. The Morgan fingerprint density at radius 3 is 2.53 bits per heavy atom. The Labute approximate surface area is 115 Å². The molecule has 2 nitrogen and oxygen atoms in total. The Morgan fingerprint density at radius 1 is 1.41 bits per heavy atom. The minimum atomic E-state index is 0. The minimum Gasteiger partial charge on any atom is -0.328 e. The van der Waals surface area contributed by atoms with E-state index in [1.54, 1.807) is 0 Å². The van der Waals surface area contributed by atoms with Crippen molar-refractivity contribution in [2.45, 2.75) is 39.3 Å². The first-order valence-electron chi connectivity index (χ1n) is 6.18. The summed E-state index contributed by atoms with van der Waals surface area (Å²) in [5, 5.41) is 0. The van der Waals surface area contributed by atoms with Crippen LogP contribution in [-0.2, 0) is 6.54 Å². The second kappa shape index (κ2) is 6.74. The number of rotatable bonds is 3. The van der Waals surface area contributed by atoms with Gasteiger partial charge in [0.25, 0.3) is 0 Å². The second-order valence-corrected chi connectivity index (χ2v) is 6.36. The topological polar surface area (TPSA) is 29.3 Å². The van der Waals surface area contributed by atoms with E-state index in [0.717, 1.165) is 12.5 Å². The van der Waals surface area contributed by atoms with E-state index in [2.05, 4.69) is 30.9 Å². The number of thiophene rings is 1. The Balaban J connectivity index is 0.00000144. The quantitative estimate of drug-likeness (QED) is 0.918. The van der Waals surface area contributed by atoms with Crippen LogP contribution in [0.5, 0.6) is 0 Å². The summed E-state index contributed by atoms with van der Waals surface area (Å²) < 4.78 is 0. The molecule has 0 aromatic carbocycles. The fourth-order valence-electron chi connectivity index (χ4n) is 2.43.